The molecular formula is C14H16BrN3O3. The number of carbonyl (C=O) groups is 1. The zero-order valence-electron chi connectivity index (χ0n) is 12.0. The molecule has 1 unspecified atom stereocenters. The first-order chi connectivity index (χ1) is 9.83. The van der Waals surface area contributed by atoms with E-state index in [2.05, 4.69) is 31.1 Å². The topological polar surface area (TPSA) is 89.1 Å². The Bertz CT molecular complexity index is 656. The van der Waals surface area contributed by atoms with Crippen molar-refractivity contribution in [3.8, 4) is 11.4 Å². The number of rotatable bonds is 5. The molecule has 2 aromatic rings. The van der Waals surface area contributed by atoms with Crippen LogP contribution in [-0.4, -0.2) is 26.2 Å². The van der Waals surface area contributed by atoms with Gasteiger partial charge in [0.05, 0.1) is 5.41 Å². The highest BCUT2D eigenvalue weighted by Crippen LogP contribution is 2.31. The Labute approximate surface area is 130 Å². The van der Waals surface area contributed by atoms with Crippen LogP contribution in [0.15, 0.2) is 27.5 Å². The van der Waals surface area contributed by atoms with Gasteiger partial charge in [0, 0.05) is 28.9 Å². The average molecular weight is 354 g/mol. The Kier molecular flexibility index (Phi) is 4.41. The molecule has 2 heterocycles. The molecule has 0 saturated heterocycles. The maximum absolute atomic E-state index is 11.5. The van der Waals surface area contributed by atoms with Crippen LogP contribution in [0, 0.1) is 11.3 Å². The van der Waals surface area contributed by atoms with E-state index in [0.717, 1.165) is 4.47 Å². The maximum Gasteiger partial charge on any atom is 0.310 e. The monoisotopic (exact) mass is 353 g/mol. The molecule has 0 aliphatic rings. The molecule has 0 fully saturated rings. The van der Waals surface area contributed by atoms with Crippen molar-refractivity contribution in [1.82, 2.24) is 15.1 Å². The molecular weight excluding hydrogens is 338 g/mol. The largest absolute Gasteiger partial charge is 0.481 e. The Morgan fingerprint density at radius 1 is 1.48 bits per heavy atom. The molecule has 6 nitrogen and oxygen atoms in total. The maximum atomic E-state index is 11.5. The van der Waals surface area contributed by atoms with Crippen molar-refractivity contribution in [2.75, 3.05) is 0 Å². The molecule has 0 bridgehead atoms. The molecule has 0 radical (unpaired) electrons. The van der Waals surface area contributed by atoms with Crippen LogP contribution >= 0.6 is 15.9 Å². The third kappa shape index (κ3) is 3.29. The number of pyridine rings is 1. The summed E-state index contributed by atoms with van der Waals surface area (Å²) in [5, 5.41) is 13.3. The lowest BCUT2D eigenvalue weighted by molar-refractivity contribution is -0.150. The average Bonchev–Trinajstić information content (AvgIpc) is 2.86. The van der Waals surface area contributed by atoms with Crippen LogP contribution in [0.25, 0.3) is 11.4 Å². The van der Waals surface area contributed by atoms with Gasteiger partial charge in [-0.2, -0.15) is 4.98 Å². The Hall–Kier alpha value is -1.76. The van der Waals surface area contributed by atoms with E-state index in [1.807, 2.05) is 19.9 Å². The molecule has 2 rings (SSSR count). The molecule has 7 heteroatoms. The third-order valence-electron chi connectivity index (χ3n) is 3.71. The minimum Gasteiger partial charge on any atom is -0.481 e. The van der Waals surface area contributed by atoms with E-state index in [9.17, 15) is 9.90 Å². The van der Waals surface area contributed by atoms with Gasteiger partial charge in [-0.05, 0) is 34.8 Å². The van der Waals surface area contributed by atoms with Crippen LogP contribution in [0.2, 0.25) is 0 Å². The van der Waals surface area contributed by atoms with Crippen LogP contribution in [0.5, 0.6) is 0 Å². The van der Waals surface area contributed by atoms with E-state index >= 15 is 0 Å². The van der Waals surface area contributed by atoms with Gasteiger partial charge in [-0.1, -0.05) is 19.0 Å². The number of nitrogens with zero attached hydrogens (tertiary/aromatic N) is 3. The predicted octanol–water partition coefficient (Wildman–Crippen LogP) is 3.18. The minimum absolute atomic E-state index is 0.0575. The Balaban J connectivity index is 2.26. The molecule has 0 aliphatic carbocycles. The summed E-state index contributed by atoms with van der Waals surface area (Å²) in [5.74, 6) is -0.224. The first-order valence-corrected chi connectivity index (χ1v) is 7.29. The van der Waals surface area contributed by atoms with Crippen molar-refractivity contribution < 1.29 is 14.4 Å². The number of halogens is 1. The van der Waals surface area contributed by atoms with Crippen molar-refractivity contribution in [3.63, 3.8) is 0 Å². The third-order valence-corrected chi connectivity index (χ3v) is 4.15. The number of hydrogen-bond donors (Lipinski definition) is 1. The fraction of sp³-hybridized carbons (Fsp3) is 0.429. The molecule has 0 aliphatic heterocycles. The molecule has 0 amide bonds. The fourth-order valence-corrected chi connectivity index (χ4v) is 2.18. The van der Waals surface area contributed by atoms with E-state index in [0.29, 0.717) is 17.3 Å². The highest BCUT2D eigenvalue weighted by Gasteiger charge is 2.38. The van der Waals surface area contributed by atoms with Crippen LogP contribution < -0.4 is 0 Å². The first-order valence-electron chi connectivity index (χ1n) is 6.50. The summed E-state index contributed by atoms with van der Waals surface area (Å²) >= 11 is 3.33. The van der Waals surface area contributed by atoms with E-state index in [1.54, 1.807) is 19.3 Å². The van der Waals surface area contributed by atoms with E-state index < -0.39 is 11.4 Å². The summed E-state index contributed by atoms with van der Waals surface area (Å²) in [7, 11) is 0. The number of aliphatic carboxylic acids is 1. The molecule has 1 N–H and O–H groups in total. The second kappa shape index (κ2) is 5.93. The number of carboxylic acid groups (broad SMARTS) is 1. The van der Waals surface area contributed by atoms with Gasteiger partial charge >= 0.3 is 5.97 Å². The lowest BCUT2D eigenvalue weighted by atomic mass is 9.76. The minimum atomic E-state index is -0.945. The second-order valence-electron chi connectivity index (χ2n) is 5.46. The van der Waals surface area contributed by atoms with Gasteiger partial charge in [0.15, 0.2) is 0 Å². The Morgan fingerprint density at radius 3 is 2.76 bits per heavy atom. The number of carboxylic acids is 1. The zero-order chi connectivity index (χ0) is 15.6. The lowest BCUT2D eigenvalue weighted by Gasteiger charge is -2.27. The van der Waals surface area contributed by atoms with Gasteiger partial charge in [0.25, 0.3) is 0 Å². The van der Waals surface area contributed by atoms with E-state index in [-0.39, 0.29) is 12.3 Å². The molecule has 21 heavy (non-hydrogen) atoms. The zero-order valence-corrected chi connectivity index (χ0v) is 13.6. The number of hydrogen-bond acceptors (Lipinski definition) is 5. The normalized spacial score (nSPS) is 14.1. The van der Waals surface area contributed by atoms with Gasteiger partial charge in [-0.15, -0.1) is 0 Å². The summed E-state index contributed by atoms with van der Waals surface area (Å²) in [4.78, 5) is 19.8. The molecule has 112 valence electrons. The second-order valence-corrected chi connectivity index (χ2v) is 6.37. The lowest BCUT2D eigenvalue weighted by Crippen LogP contribution is -2.35. The van der Waals surface area contributed by atoms with Gasteiger partial charge < -0.3 is 9.63 Å². The Morgan fingerprint density at radius 2 is 2.19 bits per heavy atom. The summed E-state index contributed by atoms with van der Waals surface area (Å²) in [5.41, 5.74) is -0.236. The fourth-order valence-electron chi connectivity index (χ4n) is 1.82. The molecule has 0 aromatic carbocycles. The van der Waals surface area contributed by atoms with E-state index in [4.69, 9.17) is 4.52 Å². The summed E-state index contributed by atoms with van der Waals surface area (Å²) in [6.45, 7) is 5.41. The predicted molar refractivity (Wildman–Crippen MR) is 79.5 cm³/mol. The van der Waals surface area contributed by atoms with Crippen molar-refractivity contribution in [1.29, 1.82) is 0 Å². The summed E-state index contributed by atoms with van der Waals surface area (Å²) in [6.07, 6.45) is 3.47. The van der Waals surface area contributed by atoms with Crippen molar-refractivity contribution >= 4 is 21.9 Å². The van der Waals surface area contributed by atoms with Crippen LogP contribution in [0.4, 0.5) is 0 Å². The van der Waals surface area contributed by atoms with Crippen LogP contribution in [0.1, 0.15) is 26.7 Å². The van der Waals surface area contributed by atoms with Crippen LogP contribution in [0.3, 0.4) is 0 Å². The van der Waals surface area contributed by atoms with Gasteiger partial charge in [0.1, 0.15) is 0 Å². The molecule has 2 aromatic heterocycles. The molecule has 0 spiro atoms. The van der Waals surface area contributed by atoms with Gasteiger partial charge in [0.2, 0.25) is 11.7 Å². The van der Waals surface area contributed by atoms with E-state index in [1.165, 1.54) is 0 Å². The molecule has 0 saturated carbocycles. The first kappa shape index (κ1) is 15.6. The van der Waals surface area contributed by atoms with Crippen molar-refractivity contribution in [3.05, 3.63) is 28.8 Å². The van der Waals surface area contributed by atoms with Crippen molar-refractivity contribution in [2.45, 2.75) is 27.2 Å². The summed E-state index contributed by atoms with van der Waals surface area (Å²) < 4.78 is 6.00. The SMILES string of the molecule is CC(C)C(C)(Cc1nc(-c2cncc(Br)c2)no1)C(=O)O. The quantitative estimate of drug-likeness (QED) is 0.887. The smallest absolute Gasteiger partial charge is 0.310 e. The highest BCUT2D eigenvalue weighted by atomic mass is 79.9. The summed E-state index contributed by atoms with van der Waals surface area (Å²) in [6, 6.07) is 1.82. The number of aromatic nitrogens is 3. The van der Waals surface area contributed by atoms with Gasteiger partial charge in [-0.3, -0.25) is 9.78 Å². The van der Waals surface area contributed by atoms with Crippen molar-refractivity contribution in [2.24, 2.45) is 11.3 Å². The highest BCUT2D eigenvalue weighted by molar-refractivity contribution is 9.10. The van der Waals surface area contributed by atoms with Gasteiger partial charge in [-0.25, -0.2) is 0 Å². The molecule has 1 atom stereocenters. The van der Waals surface area contributed by atoms with Crippen LogP contribution in [-0.2, 0) is 11.2 Å². The standard InChI is InChI=1S/C14H16BrN3O3/c1-8(2)14(3,13(19)20)5-11-17-12(18-21-11)9-4-10(15)7-16-6-9/h4,6-8H,5H2,1-3H3,(H,19,20).